The third-order valence-corrected chi connectivity index (χ3v) is 10.5. The maximum Gasteiger partial charge on any atom is 0.166 e. The second-order valence-electron chi connectivity index (χ2n) is 12.4. The van der Waals surface area contributed by atoms with Crippen molar-refractivity contribution >= 4 is 10.9 Å². The molecule has 0 amide bonds. The van der Waals surface area contributed by atoms with Crippen LogP contribution in [-0.2, 0) is 24.8 Å². The number of hydrogen-bond acceptors (Lipinski definition) is 4. The van der Waals surface area contributed by atoms with E-state index in [0.29, 0.717) is 12.2 Å². The molecule has 38 heavy (non-hydrogen) atoms. The minimum atomic E-state index is -0.953. The topological polar surface area (TPSA) is 57.9 Å². The van der Waals surface area contributed by atoms with Crippen LogP contribution in [0.1, 0.15) is 53.3 Å². The zero-order chi connectivity index (χ0) is 25.2. The lowest BCUT2D eigenvalue weighted by Crippen LogP contribution is -2.74. The minimum absolute atomic E-state index is 0.0512. The highest BCUT2D eigenvalue weighted by Gasteiger charge is 2.73. The zero-order valence-electron chi connectivity index (χ0n) is 21.4. The lowest BCUT2D eigenvalue weighted by Gasteiger charge is -2.63. The van der Waals surface area contributed by atoms with Crippen LogP contribution in [0.15, 0.2) is 66.7 Å². The van der Waals surface area contributed by atoms with Crippen molar-refractivity contribution in [2.75, 3.05) is 13.1 Å². The fourth-order valence-corrected chi connectivity index (χ4v) is 8.74. The maximum atomic E-state index is 13.1. The van der Waals surface area contributed by atoms with E-state index >= 15 is 0 Å². The van der Waals surface area contributed by atoms with Crippen molar-refractivity contribution in [3.05, 3.63) is 94.7 Å². The first kappa shape index (κ1) is 21.6. The van der Waals surface area contributed by atoms with Gasteiger partial charge < -0.3 is 19.5 Å². The summed E-state index contributed by atoms with van der Waals surface area (Å²) in [6.07, 6.45) is 4.55. The smallest absolute Gasteiger partial charge is 0.166 e. The number of fused-ring (bicyclic) bond motifs is 4. The standard InChI is InChI=1S/C33H32N2O3/c36-26-13-12-22-16-27-33(37)17-24-23-8-4-5-9-25(23)35(19-20-6-2-1-3-7-20)29(24)31-32(33,28(22)30(26)38-31)14-15-34(27)18-21-10-11-21/h1-9,12-13,21,27,31,36-37H,10-11,14-19H2/t27?,31?,32-,33+/m0/s1. The molecule has 192 valence electrons. The molecular formula is C33H32N2O3. The van der Waals surface area contributed by atoms with Crippen LogP contribution in [-0.4, -0.2) is 44.4 Å². The van der Waals surface area contributed by atoms with Crippen LogP contribution in [0, 0.1) is 5.92 Å². The number of piperidine rings is 1. The SMILES string of the molecule is Oc1ccc2c3c1OC1c4c(c5ccccc5n4Cc4ccccc4)C[C@@]4(O)C(C2)N(CC2CC2)CC[C@]314. The summed E-state index contributed by atoms with van der Waals surface area (Å²) in [5, 5.41) is 25.3. The number of aromatic hydroxyl groups is 1. The average Bonchev–Trinajstić information content (AvgIpc) is 3.61. The van der Waals surface area contributed by atoms with Crippen LogP contribution in [0.3, 0.4) is 0 Å². The normalized spacial score (nSPS) is 30.7. The summed E-state index contributed by atoms with van der Waals surface area (Å²) in [5.41, 5.74) is 5.63. The van der Waals surface area contributed by atoms with Gasteiger partial charge in [-0.25, -0.2) is 0 Å². The zero-order valence-corrected chi connectivity index (χ0v) is 21.4. The molecule has 3 aliphatic carbocycles. The number of aliphatic hydroxyl groups is 1. The lowest BCUT2D eigenvalue weighted by molar-refractivity contribution is -0.173. The van der Waals surface area contributed by atoms with Crippen LogP contribution in [0.5, 0.6) is 11.5 Å². The molecule has 9 rings (SSSR count). The molecule has 0 radical (unpaired) electrons. The van der Waals surface area contributed by atoms with Crippen LogP contribution in [0.2, 0.25) is 0 Å². The number of aromatic nitrogens is 1. The van der Waals surface area contributed by atoms with Gasteiger partial charge in [0.05, 0.1) is 16.7 Å². The molecule has 4 atom stereocenters. The number of rotatable bonds is 4. The Labute approximate surface area is 222 Å². The van der Waals surface area contributed by atoms with E-state index in [1.807, 2.05) is 0 Å². The number of benzene rings is 3. The van der Waals surface area contributed by atoms with Crippen molar-refractivity contribution in [1.29, 1.82) is 0 Å². The highest BCUT2D eigenvalue weighted by molar-refractivity contribution is 5.87. The maximum absolute atomic E-state index is 13.1. The monoisotopic (exact) mass is 504 g/mol. The van der Waals surface area contributed by atoms with Crippen molar-refractivity contribution in [2.24, 2.45) is 5.92 Å². The Bertz CT molecular complexity index is 1620. The van der Waals surface area contributed by atoms with Crippen LogP contribution >= 0.6 is 0 Å². The predicted molar refractivity (Wildman–Crippen MR) is 146 cm³/mol. The molecule has 1 saturated heterocycles. The van der Waals surface area contributed by atoms with Gasteiger partial charge in [-0.15, -0.1) is 0 Å². The van der Waals surface area contributed by atoms with Crippen molar-refractivity contribution in [3.63, 3.8) is 0 Å². The van der Waals surface area contributed by atoms with E-state index in [4.69, 9.17) is 4.74 Å². The summed E-state index contributed by atoms with van der Waals surface area (Å²) in [7, 11) is 0. The Morgan fingerprint density at radius 2 is 1.79 bits per heavy atom. The molecule has 4 aromatic rings. The molecular weight excluding hydrogens is 472 g/mol. The Morgan fingerprint density at radius 3 is 2.63 bits per heavy atom. The fraction of sp³-hybridized carbons (Fsp3) is 0.394. The number of ether oxygens (including phenoxy) is 1. The average molecular weight is 505 g/mol. The molecule has 1 spiro atoms. The summed E-state index contributed by atoms with van der Waals surface area (Å²) in [4.78, 5) is 2.60. The van der Waals surface area contributed by atoms with Gasteiger partial charge in [-0.05, 0) is 67.0 Å². The first-order valence-corrected chi connectivity index (χ1v) is 14.2. The van der Waals surface area contributed by atoms with E-state index in [0.717, 1.165) is 44.0 Å². The first-order valence-electron chi connectivity index (χ1n) is 14.2. The third kappa shape index (κ3) is 2.55. The number of para-hydroxylation sites is 1. The highest BCUT2D eigenvalue weighted by atomic mass is 16.5. The van der Waals surface area contributed by atoms with E-state index in [9.17, 15) is 10.2 Å². The quantitative estimate of drug-likeness (QED) is 0.406. The van der Waals surface area contributed by atoms with Crippen molar-refractivity contribution in [3.8, 4) is 11.5 Å². The van der Waals surface area contributed by atoms with Crippen LogP contribution < -0.4 is 4.74 Å². The molecule has 5 nitrogen and oxygen atoms in total. The molecule has 1 saturated carbocycles. The van der Waals surface area contributed by atoms with Gasteiger partial charge in [0, 0.05) is 42.0 Å². The Morgan fingerprint density at radius 1 is 0.974 bits per heavy atom. The third-order valence-electron chi connectivity index (χ3n) is 10.5. The van der Waals surface area contributed by atoms with E-state index in [2.05, 4.69) is 70.1 Å². The van der Waals surface area contributed by atoms with Crippen LogP contribution in [0.4, 0.5) is 0 Å². The second-order valence-corrected chi connectivity index (χ2v) is 12.4. The Hall–Kier alpha value is -3.28. The lowest BCUT2D eigenvalue weighted by atomic mass is 9.49. The minimum Gasteiger partial charge on any atom is -0.504 e. The van der Waals surface area contributed by atoms with Crippen molar-refractivity contribution in [1.82, 2.24) is 9.47 Å². The summed E-state index contributed by atoms with van der Waals surface area (Å²) in [5.74, 6) is 1.57. The summed E-state index contributed by atoms with van der Waals surface area (Å²) >= 11 is 0. The fourth-order valence-electron chi connectivity index (χ4n) is 8.74. The number of phenolic OH excluding ortho intramolecular Hbond substituents is 1. The largest absolute Gasteiger partial charge is 0.504 e. The molecule has 3 heterocycles. The molecule has 2 fully saturated rings. The molecule has 2 bridgehead atoms. The molecule has 2 aliphatic heterocycles. The molecule has 1 aromatic heterocycles. The van der Waals surface area contributed by atoms with Gasteiger partial charge in [0.1, 0.15) is 0 Å². The molecule has 5 aliphatic rings. The van der Waals surface area contributed by atoms with Gasteiger partial charge in [0.15, 0.2) is 17.6 Å². The molecule has 2 unspecified atom stereocenters. The van der Waals surface area contributed by atoms with E-state index in [-0.39, 0.29) is 17.9 Å². The molecule has 3 aromatic carbocycles. The number of likely N-dealkylation sites (tertiary alicyclic amines) is 1. The number of nitrogens with zero attached hydrogens (tertiary/aromatic N) is 2. The van der Waals surface area contributed by atoms with Gasteiger partial charge in [0.2, 0.25) is 0 Å². The van der Waals surface area contributed by atoms with Gasteiger partial charge in [-0.2, -0.15) is 0 Å². The number of hydrogen-bond donors (Lipinski definition) is 2. The highest BCUT2D eigenvalue weighted by Crippen LogP contribution is 2.69. The molecule has 5 heteroatoms. The van der Waals surface area contributed by atoms with Gasteiger partial charge in [0.25, 0.3) is 0 Å². The Balaban J connectivity index is 1.32. The summed E-state index contributed by atoms with van der Waals surface area (Å²) in [6.45, 7) is 2.79. The Kier molecular flexibility index (Phi) is 4.11. The predicted octanol–water partition coefficient (Wildman–Crippen LogP) is 5.09. The van der Waals surface area contributed by atoms with Gasteiger partial charge in [-0.1, -0.05) is 54.6 Å². The molecule has 2 N–H and O–H groups in total. The summed E-state index contributed by atoms with van der Waals surface area (Å²) in [6, 6.07) is 23.2. The summed E-state index contributed by atoms with van der Waals surface area (Å²) < 4.78 is 9.32. The van der Waals surface area contributed by atoms with E-state index in [1.54, 1.807) is 6.07 Å². The van der Waals surface area contributed by atoms with Crippen molar-refractivity contribution in [2.45, 2.75) is 61.8 Å². The second kappa shape index (κ2) is 7.22. The van der Waals surface area contributed by atoms with Crippen molar-refractivity contribution < 1.29 is 14.9 Å². The van der Waals surface area contributed by atoms with E-state index in [1.165, 1.54) is 46.1 Å². The van der Waals surface area contributed by atoms with Gasteiger partial charge >= 0.3 is 0 Å². The van der Waals surface area contributed by atoms with Gasteiger partial charge in [-0.3, -0.25) is 4.90 Å². The number of phenols is 1. The first-order chi connectivity index (χ1) is 18.6. The van der Waals surface area contributed by atoms with E-state index < -0.39 is 11.0 Å². The van der Waals surface area contributed by atoms with Crippen LogP contribution in [0.25, 0.3) is 10.9 Å².